The van der Waals surface area contributed by atoms with E-state index >= 15 is 0 Å². The van der Waals surface area contributed by atoms with Crippen molar-refractivity contribution < 1.29 is 14.0 Å². The number of carbonyl (C=O) groups is 2. The second-order valence-corrected chi connectivity index (χ2v) is 6.28. The van der Waals surface area contributed by atoms with Crippen LogP contribution in [-0.4, -0.2) is 11.8 Å². The molecule has 1 fully saturated rings. The standard InChI is InChI=1S/C20H16N2O4/c23-18(12-8-9-12)21-14-5-3-6-15(11-14)22-19(24)16-10-13-4-1-2-7-17(13)26-20(16)25/h1-7,10-12H,8-9H2,(H,21,23)(H,22,24). The maximum atomic E-state index is 12.5. The molecule has 26 heavy (non-hydrogen) atoms. The Morgan fingerprint density at radius 2 is 1.65 bits per heavy atom. The van der Waals surface area contributed by atoms with E-state index in [1.807, 2.05) is 0 Å². The fraction of sp³-hybridized carbons (Fsp3) is 0.150. The number of amides is 2. The molecule has 0 unspecified atom stereocenters. The minimum atomic E-state index is -0.695. The molecule has 3 aromatic rings. The van der Waals surface area contributed by atoms with Crippen molar-refractivity contribution in [2.45, 2.75) is 12.8 Å². The van der Waals surface area contributed by atoms with Gasteiger partial charge in [-0.25, -0.2) is 4.79 Å². The van der Waals surface area contributed by atoms with Gasteiger partial charge in [0.1, 0.15) is 11.1 Å². The summed E-state index contributed by atoms with van der Waals surface area (Å²) in [6, 6.07) is 15.3. The van der Waals surface area contributed by atoms with Crippen molar-refractivity contribution in [2.24, 2.45) is 5.92 Å². The maximum absolute atomic E-state index is 12.5. The average Bonchev–Trinajstić information content (AvgIpc) is 3.46. The van der Waals surface area contributed by atoms with Gasteiger partial charge in [0.2, 0.25) is 5.91 Å². The summed E-state index contributed by atoms with van der Waals surface area (Å²) >= 11 is 0. The van der Waals surface area contributed by atoms with Crippen LogP contribution >= 0.6 is 0 Å². The highest BCUT2D eigenvalue weighted by atomic mass is 16.4. The number of fused-ring (bicyclic) bond motifs is 1. The van der Waals surface area contributed by atoms with Crippen LogP contribution in [0.5, 0.6) is 0 Å². The molecule has 1 saturated carbocycles. The first-order valence-electron chi connectivity index (χ1n) is 8.35. The van der Waals surface area contributed by atoms with Crippen LogP contribution < -0.4 is 16.3 Å². The van der Waals surface area contributed by atoms with Crippen LogP contribution in [0.1, 0.15) is 23.2 Å². The molecule has 1 aliphatic carbocycles. The molecule has 1 aromatic heterocycles. The molecule has 6 nitrogen and oxygen atoms in total. The van der Waals surface area contributed by atoms with Gasteiger partial charge in [0.15, 0.2) is 0 Å². The van der Waals surface area contributed by atoms with Crippen LogP contribution in [0.4, 0.5) is 11.4 Å². The van der Waals surface area contributed by atoms with Gasteiger partial charge in [-0.05, 0) is 43.2 Å². The SMILES string of the molecule is O=C(Nc1cccc(NC(=O)C2CC2)c1)c1cc2ccccc2oc1=O. The quantitative estimate of drug-likeness (QED) is 0.707. The molecule has 2 N–H and O–H groups in total. The van der Waals surface area contributed by atoms with E-state index < -0.39 is 11.5 Å². The molecule has 6 heteroatoms. The predicted molar refractivity (Wildman–Crippen MR) is 98.2 cm³/mol. The van der Waals surface area contributed by atoms with Gasteiger partial charge in [-0.2, -0.15) is 0 Å². The molecule has 0 bridgehead atoms. The minimum absolute atomic E-state index is 0.0105. The van der Waals surface area contributed by atoms with E-state index in [-0.39, 0.29) is 17.4 Å². The van der Waals surface area contributed by atoms with Gasteiger partial charge in [0.25, 0.3) is 5.91 Å². The Bertz CT molecular complexity index is 1070. The third-order valence-corrected chi connectivity index (χ3v) is 4.22. The maximum Gasteiger partial charge on any atom is 0.349 e. The summed E-state index contributed by atoms with van der Waals surface area (Å²) in [5.41, 5.74) is 0.746. The highest BCUT2D eigenvalue weighted by molar-refractivity contribution is 6.05. The third-order valence-electron chi connectivity index (χ3n) is 4.22. The zero-order chi connectivity index (χ0) is 18.1. The molecular weight excluding hydrogens is 332 g/mol. The summed E-state index contributed by atoms with van der Waals surface area (Å²) in [5, 5.41) is 6.16. The number of nitrogens with one attached hydrogen (secondary N) is 2. The summed E-state index contributed by atoms with van der Waals surface area (Å²) < 4.78 is 5.19. The lowest BCUT2D eigenvalue weighted by atomic mass is 10.1. The van der Waals surface area contributed by atoms with Crippen LogP contribution in [0, 0.1) is 5.92 Å². The number of anilines is 2. The monoisotopic (exact) mass is 348 g/mol. The second-order valence-electron chi connectivity index (χ2n) is 6.28. The van der Waals surface area contributed by atoms with Gasteiger partial charge in [-0.15, -0.1) is 0 Å². The Morgan fingerprint density at radius 1 is 0.923 bits per heavy atom. The van der Waals surface area contributed by atoms with E-state index in [4.69, 9.17) is 4.42 Å². The highest BCUT2D eigenvalue weighted by Gasteiger charge is 2.29. The first-order valence-corrected chi connectivity index (χ1v) is 8.35. The number of hydrogen-bond acceptors (Lipinski definition) is 4. The summed E-state index contributed by atoms with van der Waals surface area (Å²) in [5.74, 6) is -0.477. The minimum Gasteiger partial charge on any atom is -0.422 e. The molecule has 0 saturated heterocycles. The lowest BCUT2D eigenvalue weighted by Crippen LogP contribution is -2.20. The Morgan fingerprint density at radius 3 is 2.42 bits per heavy atom. The van der Waals surface area contributed by atoms with Crippen molar-refractivity contribution >= 4 is 34.2 Å². The van der Waals surface area contributed by atoms with Crippen molar-refractivity contribution in [1.82, 2.24) is 0 Å². The van der Waals surface area contributed by atoms with E-state index in [9.17, 15) is 14.4 Å². The number of benzene rings is 2. The Balaban J connectivity index is 1.55. The summed E-state index contributed by atoms with van der Waals surface area (Å²) in [4.78, 5) is 36.4. The summed E-state index contributed by atoms with van der Waals surface area (Å²) in [6.45, 7) is 0. The number of carbonyl (C=O) groups excluding carboxylic acids is 2. The van der Waals surface area contributed by atoms with Gasteiger partial charge >= 0.3 is 5.63 Å². The molecule has 1 aliphatic rings. The molecule has 130 valence electrons. The third kappa shape index (κ3) is 3.35. The number of hydrogen-bond donors (Lipinski definition) is 2. The molecule has 2 aromatic carbocycles. The largest absolute Gasteiger partial charge is 0.422 e. The van der Waals surface area contributed by atoms with Gasteiger partial charge in [0.05, 0.1) is 0 Å². The van der Waals surface area contributed by atoms with Crippen molar-refractivity contribution in [3.05, 3.63) is 70.6 Å². The molecule has 1 heterocycles. The van der Waals surface area contributed by atoms with Crippen LogP contribution in [0.25, 0.3) is 11.0 Å². The van der Waals surface area contributed by atoms with Crippen molar-refractivity contribution in [2.75, 3.05) is 10.6 Å². The van der Waals surface area contributed by atoms with Crippen LogP contribution in [-0.2, 0) is 4.79 Å². The first-order chi connectivity index (χ1) is 12.6. The molecule has 0 radical (unpaired) electrons. The van der Waals surface area contributed by atoms with Gasteiger partial charge in [-0.3, -0.25) is 9.59 Å². The summed E-state index contributed by atoms with van der Waals surface area (Å²) in [7, 11) is 0. The second kappa shape index (κ2) is 6.48. The molecule has 0 atom stereocenters. The normalized spacial score (nSPS) is 13.4. The average molecular weight is 348 g/mol. The summed E-state index contributed by atoms with van der Waals surface area (Å²) in [6.07, 6.45) is 1.83. The van der Waals surface area contributed by atoms with Crippen molar-refractivity contribution in [3.63, 3.8) is 0 Å². The molecule has 2 amide bonds. The number of rotatable bonds is 4. The van der Waals surface area contributed by atoms with Gasteiger partial charge < -0.3 is 15.1 Å². The predicted octanol–water partition coefficient (Wildman–Crippen LogP) is 3.39. The van der Waals surface area contributed by atoms with Crippen LogP contribution in [0.3, 0.4) is 0 Å². The fourth-order valence-corrected chi connectivity index (χ4v) is 2.68. The fourth-order valence-electron chi connectivity index (χ4n) is 2.68. The Labute approximate surface area is 148 Å². The van der Waals surface area contributed by atoms with Crippen molar-refractivity contribution in [3.8, 4) is 0 Å². The lowest BCUT2D eigenvalue weighted by molar-refractivity contribution is -0.117. The first kappa shape index (κ1) is 16.1. The topological polar surface area (TPSA) is 88.4 Å². The Hall–Kier alpha value is -3.41. The molecular formula is C20H16N2O4. The van der Waals surface area contributed by atoms with E-state index in [0.29, 0.717) is 22.3 Å². The molecule has 0 spiro atoms. The Kier molecular flexibility index (Phi) is 4.01. The molecule has 0 aliphatic heterocycles. The highest BCUT2D eigenvalue weighted by Crippen LogP contribution is 2.30. The zero-order valence-electron chi connectivity index (χ0n) is 13.8. The molecule has 4 rings (SSSR count). The van der Waals surface area contributed by atoms with Gasteiger partial charge in [-0.1, -0.05) is 24.3 Å². The van der Waals surface area contributed by atoms with E-state index in [2.05, 4.69) is 10.6 Å². The van der Waals surface area contributed by atoms with E-state index in [1.165, 1.54) is 6.07 Å². The zero-order valence-corrected chi connectivity index (χ0v) is 13.8. The van der Waals surface area contributed by atoms with E-state index in [1.54, 1.807) is 48.5 Å². The van der Waals surface area contributed by atoms with E-state index in [0.717, 1.165) is 12.8 Å². The lowest BCUT2D eigenvalue weighted by Gasteiger charge is -2.08. The van der Waals surface area contributed by atoms with Crippen molar-refractivity contribution in [1.29, 1.82) is 0 Å². The van der Waals surface area contributed by atoms with Gasteiger partial charge in [0, 0.05) is 22.7 Å². The smallest absolute Gasteiger partial charge is 0.349 e. The van der Waals surface area contributed by atoms with Crippen LogP contribution in [0.2, 0.25) is 0 Å². The van der Waals surface area contributed by atoms with Crippen LogP contribution in [0.15, 0.2) is 63.8 Å². The number of para-hydroxylation sites is 1.